The molecule has 22 heavy (non-hydrogen) atoms. The fourth-order valence-electron chi connectivity index (χ4n) is 2.78. The molecule has 2 nitrogen and oxygen atoms in total. The Morgan fingerprint density at radius 2 is 1.73 bits per heavy atom. The minimum atomic E-state index is 0.749. The normalized spacial score (nSPS) is 11.3. The highest BCUT2D eigenvalue weighted by Gasteiger charge is 2.10. The van der Waals surface area contributed by atoms with Crippen molar-refractivity contribution in [2.45, 2.75) is 39.0 Å². The zero-order valence-corrected chi connectivity index (χ0v) is 13.2. The van der Waals surface area contributed by atoms with Crippen LogP contribution in [0.3, 0.4) is 0 Å². The third-order valence-electron chi connectivity index (χ3n) is 3.91. The second-order valence-electron chi connectivity index (χ2n) is 5.88. The van der Waals surface area contributed by atoms with E-state index < -0.39 is 0 Å². The highest BCUT2D eigenvalue weighted by molar-refractivity contribution is 5.93. The highest BCUT2D eigenvalue weighted by Crippen LogP contribution is 2.29. The topological polar surface area (TPSA) is 26.3 Å². The lowest BCUT2D eigenvalue weighted by molar-refractivity contribution is 0.551. The maximum absolute atomic E-state index is 5.96. The Hall–Kier alpha value is -2.22. The van der Waals surface area contributed by atoms with Crippen molar-refractivity contribution < 1.29 is 8.83 Å². The lowest BCUT2D eigenvalue weighted by Crippen LogP contribution is -1.87. The first-order chi connectivity index (χ1) is 10.7. The Labute approximate surface area is 131 Å². The van der Waals surface area contributed by atoms with Crippen molar-refractivity contribution in [1.29, 1.82) is 0 Å². The third-order valence-corrected chi connectivity index (χ3v) is 3.91. The molecule has 0 bridgehead atoms. The van der Waals surface area contributed by atoms with Crippen molar-refractivity contribution in [2.24, 2.45) is 0 Å². The van der Waals surface area contributed by atoms with Crippen LogP contribution in [-0.2, 0) is 12.8 Å². The fraction of sp³-hybridized carbons (Fsp3) is 0.300. The first-order valence-electron chi connectivity index (χ1n) is 7.92. The molecule has 0 spiro atoms. The van der Waals surface area contributed by atoms with Crippen LogP contribution in [0.2, 0.25) is 0 Å². The molecule has 0 aliphatic carbocycles. The number of hydrogen-bond donors (Lipinski definition) is 0. The monoisotopic (exact) mass is 294 g/mol. The maximum Gasteiger partial charge on any atom is 0.138 e. The summed E-state index contributed by atoms with van der Waals surface area (Å²) in [6.07, 6.45) is 6.87. The van der Waals surface area contributed by atoms with Gasteiger partial charge in [0.05, 0.1) is 0 Å². The van der Waals surface area contributed by atoms with E-state index in [1.165, 1.54) is 18.4 Å². The first kappa shape index (κ1) is 14.7. The Kier molecular flexibility index (Phi) is 4.19. The van der Waals surface area contributed by atoms with Crippen LogP contribution in [0.25, 0.3) is 21.9 Å². The average molecular weight is 294 g/mol. The molecule has 0 amide bonds. The second-order valence-corrected chi connectivity index (χ2v) is 5.88. The zero-order valence-electron chi connectivity index (χ0n) is 13.2. The van der Waals surface area contributed by atoms with E-state index in [1.54, 1.807) is 0 Å². The summed E-state index contributed by atoms with van der Waals surface area (Å²) in [6.45, 7) is 10.1. The summed E-state index contributed by atoms with van der Waals surface area (Å²) in [5, 5.41) is 2.23. The van der Waals surface area contributed by atoms with Gasteiger partial charge in [0, 0.05) is 29.7 Å². The quantitative estimate of drug-likeness (QED) is 0.485. The van der Waals surface area contributed by atoms with Crippen LogP contribution in [0.1, 0.15) is 37.7 Å². The van der Waals surface area contributed by atoms with Gasteiger partial charge in [-0.25, -0.2) is 0 Å². The fourth-order valence-corrected chi connectivity index (χ4v) is 2.78. The van der Waals surface area contributed by atoms with E-state index >= 15 is 0 Å². The van der Waals surface area contributed by atoms with Gasteiger partial charge in [-0.3, -0.25) is 0 Å². The largest absolute Gasteiger partial charge is 0.461 e. The van der Waals surface area contributed by atoms with Crippen molar-refractivity contribution in [1.82, 2.24) is 0 Å². The summed E-state index contributed by atoms with van der Waals surface area (Å²) in [6, 6.07) is 8.30. The lowest BCUT2D eigenvalue weighted by atomic mass is 10.1. The van der Waals surface area contributed by atoms with Gasteiger partial charge in [-0.05, 0) is 31.0 Å². The Morgan fingerprint density at radius 3 is 2.41 bits per heavy atom. The molecule has 114 valence electrons. The second kappa shape index (κ2) is 6.27. The van der Waals surface area contributed by atoms with Crippen molar-refractivity contribution in [3.63, 3.8) is 0 Å². The summed E-state index contributed by atoms with van der Waals surface area (Å²) in [7, 11) is 0. The van der Waals surface area contributed by atoms with Crippen molar-refractivity contribution in [3.05, 3.63) is 60.6 Å². The molecule has 1 aromatic carbocycles. The van der Waals surface area contributed by atoms with E-state index in [2.05, 4.69) is 38.3 Å². The van der Waals surface area contributed by atoms with Crippen molar-refractivity contribution >= 4 is 21.9 Å². The Morgan fingerprint density at radius 1 is 1.05 bits per heavy atom. The molecule has 0 aliphatic rings. The van der Waals surface area contributed by atoms with Crippen LogP contribution in [0.4, 0.5) is 0 Å². The van der Waals surface area contributed by atoms with Crippen LogP contribution in [-0.4, -0.2) is 0 Å². The smallest absolute Gasteiger partial charge is 0.138 e. The number of hydrogen-bond acceptors (Lipinski definition) is 2. The standard InChI is InChI=1S/C20H22O2/c1-4-6-8-14(3)9-18-12-16-10-15-11-17(7-5-2)21-19(15)13-20(16)22-18/h5,10-13H,2-4,6-9H2,1H3. The molecule has 0 aliphatic heterocycles. The molecule has 2 heteroatoms. The maximum atomic E-state index is 5.96. The number of unbranched alkanes of at least 4 members (excludes halogenated alkanes) is 1. The van der Waals surface area contributed by atoms with Crippen LogP contribution in [0, 0.1) is 0 Å². The van der Waals surface area contributed by atoms with E-state index in [9.17, 15) is 0 Å². The van der Waals surface area contributed by atoms with Gasteiger partial charge in [-0.1, -0.05) is 31.6 Å². The highest BCUT2D eigenvalue weighted by atomic mass is 16.3. The molecular formula is C20H22O2. The number of benzene rings is 1. The minimum Gasteiger partial charge on any atom is -0.461 e. The SMILES string of the molecule is C=CCc1cc2cc3cc(CC(=C)CCCC)oc3cc2o1. The number of furan rings is 2. The molecule has 0 saturated carbocycles. The third kappa shape index (κ3) is 3.01. The van der Waals surface area contributed by atoms with Gasteiger partial charge in [0.1, 0.15) is 22.7 Å². The molecule has 3 aromatic rings. The lowest BCUT2D eigenvalue weighted by Gasteiger charge is -2.01. The van der Waals surface area contributed by atoms with E-state index in [4.69, 9.17) is 8.83 Å². The van der Waals surface area contributed by atoms with E-state index in [0.29, 0.717) is 0 Å². The molecule has 0 saturated heterocycles. The summed E-state index contributed by atoms with van der Waals surface area (Å²) in [5.74, 6) is 1.92. The molecule has 2 aromatic heterocycles. The molecule has 0 radical (unpaired) electrons. The van der Waals surface area contributed by atoms with Gasteiger partial charge in [0.2, 0.25) is 0 Å². The molecule has 0 atom stereocenters. The van der Waals surface area contributed by atoms with Crippen LogP contribution >= 0.6 is 0 Å². The van der Waals surface area contributed by atoms with Gasteiger partial charge in [0.15, 0.2) is 0 Å². The summed E-state index contributed by atoms with van der Waals surface area (Å²) < 4.78 is 11.8. The van der Waals surface area contributed by atoms with Gasteiger partial charge < -0.3 is 8.83 Å². The molecular weight excluding hydrogens is 272 g/mol. The molecule has 0 fully saturated rings. The average Bonchev–Trinajstić information content (AvgIpc) is 3.04. The Bertz CT molecular complexity index is 766. The number of allylic oxidation sites excluding steroid dienone is 2. The van der Waals surface area contributed by atoms with Crippen molar-refractivity contribution in [3.8, 4) is 0 Å². The molecule has 2 heterocycles. The Balaban J connectivity index is 1.86. The van der Waals surface area contributed by atoms with Crippen molar-refractivity contribution in [2.75, 3.05) is 0 Å². The zero-order chi connectivity index (χ0) is 15.5. The van der Waals surface area contributed by atoms with Crippen LogP contribution in [0.15, 0.2) is 57.9 Å². The van der Waals surface area contributed by atoms with Gasteiger partial charge >= 0.3 is 0 Å². The minimum absolute atomic E-state index is 0.749. The van der Waals surface area contributed by atoms with Gasteiger partial charge in [0.25, 0.3) is 0 Å². The number of fused-ring (bicyclic) bond motifs is 2. The molecule has 3 rings (SSSR count). The predicted molar refractivity (Wildman–Crippen MR) is 92.3 cm³/mol. The van der Waals surface area contributed by atoms with Gasteiger partial charge in [-0.2, -0.15) is 0 Å². The van der Waals surface area contributed by atoms with E-state index in [-0.39, 0.29) is 0 Å². The van der Waals surface area contributed by atoms with Crippen LogP contribution in [0.5, 0.6) is 0 Å². The predicted octanol–water partition coefficient (Wildman–Crippen LogP) is 6.20. The van der Waals surface area contributed by atoms with E-state index in [0.717, 1.165) is 52.7 Å². The van der Waals surface area contributed by atoms with Crippen LogP contribution < -0.4 is 0 Å². The summed E-state index contributed by atoms with van der Waals surface area (Å²) in [4.78, 5) is 0. The molecule has 0 unspecified atom stereocenters. The van der Waals surface area contributed by atoms with Gasteiger partial charge in [-0.15, -0.1) is 6.58 Å². The summed E-state index contributed by atoms with van der Waals surface area (Å²) in [5.41, 5.74) is 2.98. The first-order valence-corrected chi connectivity index (χ1v) is 7.92. The summed E-state index contributed by atoms with van der Waals surface area (Å²) >= 11 is 0. The number of rotatable bonds is 7. The van der Waals surface area contributed by atoms with E-state index in [1.807, 2.05) is 12.1 Å². The molecule has 0 N–H and O–H groups in total.